The molecule has 3 atom stereocenters. The van der Waals surface area contributed by atoms with Crippen LogP contribution < -0.4 is 29.8 Å². The lowest BCUT2D eigenvalue weighted by Gasteiger charge is -2.49. The van der Waals surface area contributed by atoms with E-state index in [9.17, 15) is 14.7 Å². The normalized spacial score (nSPS) is 17.1. The van der Waals surface area contributed by atoms with Crippen LogP contribution in [0.1, 0.15) is 59.9 Å². The Morgan fingerprint density at radius 1 is 0.700 bits per heavy atom. The summed E-state index contributed by atoms with van der Waals surface area (Å²) in [5.41, 5.74) is -0.440. The Hall–Kier alpha value is -7.78. The molecule has 1 amide bonds. The first-order valence-corrected chi connectivity index (χ1v) is 23.0. The molecular weight excluding hydrogens is 887 g/mol. The number of aliphatic hydroxyl groups is 1. The Morgan fingerprint density at radius 3 is 1.59 bits per heavy atom. The van der Waals surface area contributed by atoms with Gasteiger partial charge in [-0.2, -0.15) is 4.98 Å². The summed E-state index contributed by atoms with van der Waals surface area (Å²) in [6.07, 6.45) is -0.755. The van der Waals surface area contributed by atoms with Gasteiger partial charge in [-0.25, -0.2) is 4.98 Å². The van der Waals surface area contributed by atoms with Gasteiger partial charge in [0.15, 0.2) is 11.2 Å². The maximum Gasteiger partial charge on any atom is 0.280 e. The summed E-state index contributed by atoms with van der Waals surface area (Å²) in [5.74, 6) is 1.81. The molecule has 3 N–H and O–H groups in total. The number of aromatic nitrogens is 4. The molecule has 14 nitrogen and oxygen atoms in total. The minimum absolute atomic E-state index is 0.0242. The van der Waals surface area contributed by atoms with E-state index in [4.69, 9.17) is 33.4 Å². The minimum atomic E-state index is -1.91. The zero-order valence-corrected chi connectivity index (χ0v) is 39.8. The molecular formula is C56H55N5O9. The van der Waals surface area contributed by atoms with Gasteiger partial charge in [0.1, 0.15) is 46.5 Å². The molecule has 70 heavy (non-hydrogen) atoms. The molecule has 0 unspecified atom stereocenters. The molecule has 8 aromatic rings. The van der Waals surface area contributed by atoms with Crippen LogP contribution in [0.2, 0.25) is 0 Å². The van der Waals surface area contributed by atoms with Gasteiger partial charge in [0.25, 0.3) is 5.56 Å². The minimum Gasteiger partial charge on any atom is -0.497 e. The number of aromatic amines is 1. The quantitative estimate of drug-likeness (QED) is 0.0747. The molecule has 3 heterocycles. The van der Waals surface area contributed by atoms with Crippen LogP contribution in [-0.2, 0) is 25.3 Å². The van der Waals surface area contributed by atoms with E-state index in [2.05, 4.69) is 15.3 Å². The Labute approximate surface area is 405 Å². The summed E-state index contributed by atoms with van der Waals surface area (Å²) >= 11 is 0. The molecule has 6 aromatic carbocycles. The van der Waals surface area contributed by atoms with E-state index < -0.39 is 34.5 Å². The number of hydrogen-bond donors (Lipinski definition) is 3. The van der Waals surface area contributed by atoms with Gasteiger partial charge < -0.3 is 33.5 Å². The fraction of sp³-hybridized carbons (Fsp3) is 0.250. The van der Waals surface area contributed by atoms with E-state index in [1.807, 2.05) is 158 Å². The molecule has 1 saturated heterocycles. The standard InChI is InChI=1S/C56H55N5O9/c1-36(2)51(62)59-53-58-50-49(52(63)60-53)57-35-61(50)48-33-54(64,55(37-13-9-7-10-14-37,38-17-25-43(65-3)26-18-38)39-19-27-44(66-4)28-20-39)47(70-48)34-69-56(40-15-11-8-12-16-40,41-21-29-45(67-5)30-22-41)42-23-31-46(68-6)32-24-42/h7-32,35-36,47-48,64H,33-34H2,1-6H3,(H2,58,59,60,62,63)/t47-,48-,54+/m1/s1. The number of amides is 1. The Morgan fingerprint density at radius 2 is 1.13 bits per heavy atom. The van der Waals surface area contributed by atoms with Crippen LogP contribution in [-0.4, -0.2) is 77.3 Å². The van der Waals surface area contributed by atoms with E-state index in [1.54, 1.807) is 46.9 Å². The van der Waals surface area contributed by atoms with Crippen molar-refractivity contribution in [1.82, 2.24) is 19.5 Å². The SMILES string of the molecule is COc1ccc(C(OC[C@H]2O[C@@H](n3cnc4c(=O)[nH]c(NC(=O)C(C)C)nc43)C[C@@]2(O)C(c2ccccc2)(c2ccc(OC)cc2)c2ccc(OC)cc2)(c2ccccc2)c2ccc(OC)cc2)cc1. The number of anilines is 1. The molecule has 14 heteroatoms. The topological polar surface area (TPSA) is 168 Å². The smallest absolute Gasteiger partial charge is 0.280 e. The Balaban J connectivity index is 1.30. The van der Waals surface area contributed by atoms with Gasteiger partial charge in [-0.15, -0.1) is 0 Å². The van der Waals surface area contributed by atoms with Crippen LogP contribution in [0, 0.1) is 5.92 Å². The van der Waals surface area contributed by atoms with Crippen molar-refractivity contribution in [3.05, 3.63) is 208 Å². The van der Waals surface area contributed by atoms with E-state index >= 15 is 0 Å². The predicted octanol–water partition coefficient (Wildman–Crippen LogP) is 8.81. The van der Waals surface area contributed by atoms with Gasteiger partial charge in [0.05, 0.1) is 46.8 Å². The van der Waals surface area contributed by atoms with Crippen molar-refractivity contribution in [2.45, 2.75) is 49.2 Å². The molecule has 0 bridgehead atoms. The molecule has 358 valence electrons. The lowest BCUT2D eigenvalue weighted by atomic mass is 9.57. The lowest BCUT2D eigenvalue weighted by molar-refractivity contribution is -0.133. The molecule has 9 rings (SSSR count). The number of carbonyl (C=O) groups is 1. The van der Waals surface area contributed by atoms with Gasteiger partial charge in [0.2, 0.25) is 11.9 Å². The molecule has 2 aromatic heterocycles. The molecule has 0 saturated carbocycles. The van der Waals surface area contributed by atoms with Crippen LogP contribution in [0.5, 0.6) is 23.0 Å². The maximum absolute atomic E-state index is 14.7. The maximum atomic E-state index is 14.7. The molecule has 0 aliphatic carbocycles. The highest BCUT2D eigenvalue weighted by Gasteiger charge is 2.64. The zero-order chi connectivity index (χ0) is 49.0. The summed E-state index contributed by atoms with van der Waals surface area (Å²) in [4.78, 5) is 38.4. The fourth-order valence-corrected chi connectivity index (χ4v) is 9.84. The fourth-order valence-electron chi connectivity index (χ4n) is 9.84. The summed E-state index contributed by atoms with van der Waals surface area (Å²) in [6.45, 7) is 3.29. The highest BCUT2D eigenvalue weighted by atomic mass is 16.6. The Bertz CT molecular complexity index is 3010. The van der Waals surface area contributed by atoms with Crippen LogP contribution in [0.25, 0.3) is 11.2 Å². The number of benzene rings is 6. The molecule has 0 radical (unpaired) electrons. The summed E-state index contributed by atoms with van der Waals surface area (Å²) < 4.78 is 39.1. The number of imidazole rings is 1. The number of nitrogens with one attached hydrogen (secondary N) is 2. The first kappa shape index (κ1) is 47.3. The molecule has 0 spiro atoms. The van der Waals surface area contributed by atoms with E-state index in [0.717, 1.165) is 33.4 Å². The van der Waals surface area contributed by atoms with Crippen molar-refractivity contribution in [1.29, 1.82) is 0 Å². The van der Waals surface area contributed by atoms with Gasteiger partial charge in [-0.1, -0.05) is 123 Å². The third-order valence-corrected chi connectivity index (χ3v) is 13.4. The number of H-pyrrole nitrogens is 1. The first-order chi connectivity index (χ1) is 34.0. The average Bonchev–Trinajstić information content (AvgIpc) is 3.99. The second-order valence-corrected chi connectivity index (χ2v) is 17.5. The van der Waals surface area contributed by atoms with Gasteiger partial charge in [-0.3, -0.25) is 24.5 Å². The highest BCUT2D eigenvalue weighted by molar-refractivity contribution is 5.91. The number of methoxy groups -OCH3 is 4. The van der Waals surface area contributed by atoms with E-state index in [1.165, 1.54) is 6.33 Å². The number of carbonyl (C=O) groups excluding carboxylic acids is 1. The van der Waals surface area contributed by atoms with Crippen LogP contribution in [0.3, 0.4) is 0 Å². The van der Waals surface area contributed by atoms with Crippen molar-refractivity contribution in [2.24, 2.45) is 5.92 Å². The Kier molecular flexibility index (Phi) is 13.3. The number of rotatable bonds is 17. The van der Waals surface area contributed by atoms with E-state index in [0.29, 0.717) is 23.0 Å². The molecule has 1 aliphatic heterocycles. The van der Waals surface area contributed by atoms with Crippen LogP contribution >= 0.6 is 0 Å². The van der Waals surface area contributed by atoms with Gasteiger partial charge in [0, 0.05) is 12.3 Å². The summed E-state index contributed by atoms with van der Waals surface area (Å²) in [5, 5.41) is 17.4. The predicted molar refractivity (Wildman–Crippen MR) is 266 cm³/mol. The largest absolute Gasteiger partial charge is 0.497 e. The van der Waals surface area contributed by atoms with Crippen molar-refractivity contribution < 1.29 is 38.3 Å². The van der Waals surface area contributed by atoms with Gasteiger partial charge in [-0.05, 0) is 81.9 Å². The van der Waals surface area contributed by atoms with E-state index in [-0.39, 0.29) is 42.0 Å². The average molecular weight is 942 g/mol. The first-order valence-electron chi connectivity index (χ1n) is 23.0. The third-order valence-electron chi connectivity index (χ3n) is 13.4. The van der Waals surface area contributed by atoms with Gasteiger partial charge >= 0.3 is 0 Å². The lowest BCUT2D eigenvalue weighted by Crippen LogP contribution is -2.59. The second kappa shape index (κ2) is 19.7. The third kappa shape index (κ3) is 8.33. The monoisotopic (exact) mass is 941 g/mol. The zero-order valence-electron chi connectivity index (χ0n) is 39.8. The van der Waals surface area contributed by atoms with Crippen molar-refractivity contribution in [2.75, 3.05) is 40.4 Å². The van der Waals surface area contributed by atoms with Crippen molar-refractivity contribution in [3.63, 3.8) is 0 Å². The number of fused-ring (bicyclic) bond motifs is 1. The van der Waals surface area contributed by atoms with Crippen molar-refractivity contribution >= 4 is 23.0 Å². The van der Waals surface area contributed by atoms with Crippen LogP contribution in [0.15, 0.2) is 169 Å². The second-order valence-electron chi connectivity index (χ2n) is 17.5. The van der Waals surface area contributed by atoms with Crippen LogP contribution in [0.4, 0.5) is 5.95 Å². The summed E-state index contributed by atoms with van der Waals surface area (Å²) in [6, 6.07) is 50.5. The highest BCUT2D eigenvalue weighted by Crippen LogP contribution is 2.57. The summed E-state index contributed by atoms with van der Waals surface area (Å²) in [7, 11) is 6.46. The number of ether oxygens (including phenoxy) is 6. The number of hydrogen-bond acceptors (Lipinski definition) is 11. The molecule has 1 fully saturated rings. The van der Waals surface area contributed by atoms with Crippen molar-refractivity contribution in [3.8, 4) is 23.0 Å². The number of nitrogens with zero attached hydrogens (tertiary/aromatic N) is 3. The molecule has 1 aliphatic rings.